The summed E-state index contributed by atoms with van der Waals surface area (Å²) in [4.78, 5) is 0. The lowest BCUT2D eigenvalue weighted by Gasteiger charge is -2.08. The Morgan fingerprint density at radius 1 is 1.41 bits per heavy atom. The molecule has 1 aromatic rings. The van der Waals surface area contributed by atoms with Crippen LogP contribution in [0.4, 0.5) is 0 Å². The number of rotatable bonds is 7. The Labute approximate surface area is 103 Å². The van der Waals surface area contributed by atoms with Gasteiger partial charge in [0.1, 0.15) is 0 Å². The van der Waals surface area contributed by atoms with E-state index in [1.54, 1.807) is 20.0 Å². The molecule has 98 valence electrons. The van der Waals surface area contributed by atoms with Gasteiger partial charge in [0.2, 0.25) is 0 Å². The molecule has 0 aliphatic carbocycles. The molecule has 0 unspecified atom stereocenters. The molecule has 0 saturated heterocycles. The van der Waals surface area contributed by atoms with Crippen molar-refractivity contribution < 1.29 is 8.42 Å². The van der Waals surface area contributed by atoms with Gasteiger partial charge in [-0.3, -0.25) is 4.68 Å². The highest BCUT2D eigenvalue weighted by molar-refractivity contribution is 7.92. The van der Waals surface area contributed by atoms with E-state index in [1.165, 1.54) is 0 Å². The molecule has 1 rings (SSSR count). The van der Waals surface area contributed by atoms with Crippen molar-refractivity contribution >= 4 is 9.84 Å². The molecule has 0 aliphatic heterocycles. The fourth-order valence-corrected chi connectivity index (χ4v) is 2.34. The Bertz CT molecular complexity index is 437. The molecule has 0 atom stereocenters. The van der Waals surface area contributed by atoms with Gasteiger partial charge in [0.15, 0.2) is 9.84 Å². The van der Waals surface area contributed by atoms with Crippen molar-refractivity contribution in [3.63, 3.8) is 0 Å². The van der Waals surface area contributed by atoms with Crippen LogP contribution in [0.1, 0.15) is 19.5 Å². The monoisotopic (exact) mass is 259 g/mol. The molecule has 0 radical (unpaired) electrons. The maximum atomic E-state index is 11.5. The molecule has 0 saturated carbocycles. The maximum absolute atomic E-state index is 11.5. The molecule has 17 heavy (non-hydrogen) atoms. The zero-order valence-electron chi connectivity index (χ0n) is 10.7. The van der Waals surface area contributed by atoms with Crippen molar-refractivity contribution in [3.8, 4) is 0 Å². The molecular formula is C11H21N3O2S. The Kier molecular flexibility index (Phi) is 5.14. The first-order chi connectivity index (χ1) is 7.93. The van der Waals surface area contributed by atoms with Crippen molar-refractivity contribution in [2.45, 2.75) is 25.5 Å². The fourth-order valence-electron chi connectivity index (χ4n) is 1.44. The summed E-state index contributed by atoms with van der Waals surface area (Å²) in [5, 5.41) is 6.92. The molecule has 1 heterocycles. The average molecular weight is 259 g/mol. The van der Waals surface area contributed by atoms with Crippen molar-refractivity contribution in [1.29, 1.82) is 0 Å². The van der Waals surface area contributed by atoms with Crippen LogP contribution in [-0.2, 0) is 23.3 Å². The number of aromatic nitrogens is 2. The third kappa shape index (κ3) is 4.47. The minimum Gasteiger partial charge on any atom is -0.315 e. The normalized spacial score (nSPS) is 12.2. The lowest BCUT2D eigenvalue weighted by molar-refractivity contribution is 0.581. The molecule has 5 nitrogen and oxygen atoms in total. The predicted molar refractivity (Wildman–Crippen MR) is 68.7 cm³/mol. The molecule has 0 bridgehead atoms. The second kappa shape index (κ2) is 6.16. The first-order valence-electron chi connectivity index (χ1n) is 5.82. The van der Waals surface area contributed by atoms with E-state index >= 15 is 0 Å². The average Bonchev–Trinajstić information content (AvgIpc) is 2.63. The van der Waals surface area contributed by atoms with Gasteiger partial charge in [-0.2, -0.15) is 5.10 Å². The Hall–Kier alpha value is -0.880. The molecule has 0 aromatic carbocycles. The van der Waals surface area contributed by atoms with Gasteiger partial charge >= 0.3 is 0 Å². The van der Waals surface area contributed by atoms with E-state index in [1.807, 2.05) is 17.8 Å². The Morgan fingerprint density at radius 3 is 2.65 bits per heavy atom. The highest BCUT2D eigenvalue weighted by Crippen LogP contribution is 1.99. The number of nitrogens with zero attached hydrogens (tertiary/aromatic N) is 2. The molecule has 0 fully saturated rings. The predicted octanol–water partition coefficient (Wildman–Crippen LogP) is 0.375. The lowest BCUT2D eigenvalue weighted by Crippen LogP contribution is -2.28. The SMILES string of the molecule is CC(C)S(=O)(=O)CCNCCc1ccnn1C. The first-order valence-corrected chi connectivity index (χ1v) is 7.54. The molecule has 0 spiro atoms. The van der Waals surface area contributed by atoms with Gasteiger partial charge in [0.05, 0.1) is 11.0 Å². The van der Waals surface area contributed by atoms with Crippen LogP contribution in [0.5, 0.6) is 0 Å². The van der Waals surface area contributed by atoms with Crippen LogP contribution < -0.4 is 5.32 Å². The van der Waals surface area contributed by atoms with Gasteiger partial charge in [-0.15, -0.1) is 0 Å². The zero-order valence-corrected chi connectivity index (χ0v) is 11.5. The summed E-state index contributed by atoms with van der Waals surface area (Å²) in [7, 11) is -1.02. The highest BCUT2D eigenvalue weighted by Gasteiger charge is 2.14. The molecule has 0 aliphatic rings. The van der Waals surface area contributed by atoms with Crippen molar-refractivity contribution in [2.24, 2.45) is 7.05 Å². The second-order valence-electron chi connectivity index (χ2n) is 4.36. The van der Waals surface area contributed by atoms with Crippen LogP contribution in [0.25, 0.3) is 0 Å². The van der Waals surface area contributed by atoms with Crippen molar-refractivity contribution in [2.75, 3.05) is 18.8 Å². The molecule has 6 heteroatoms. The maximum Gasteiger partial charge on any atom is 0.153 e. The standard InChI is InChI=1S/C11H21N3O2S/c1-10(2)17(15,16)9-8-12-6-4-11-5-7-13-14(11)3/h5,7,10,12H,4,6,8-9H2,1-3H3. The molecule has 1 N–H and O–H groups in total. The highest BCUT2D eigenvalue weighted by atomic mass is 32.2. The first kappa shape index (κ1) is 14.2. The summed E-state index contributed by atoms with van der Waals surface area (Å²) >= 11 is 0. The van der Waals surface area contributed by atoms with Crippen LogP contribution in [0.15, 0.2) is 12.3 Å². The summed E-state index contributed by atoms with van der Waals surface area (Å²) in [6.45, 7) is 4.71. The van der Waals surface area contributed by atoms with E-state index in [4.69, 9.17) is 0 Å². The fraction of sp³-hybridized carbons (Fsp3) is 0.727. The second-order valence-corrected chi connectivity index (χ2v) is 7.04. The summed E-state index contributed by atoms with van der Waals surface area (Å²) < 4.78 is 24.9. The van der Waals surface area contributed by atoms with Crippen molar-refractivity contribution in [3.05, 3.63) is 18.0 Å². The Balaban J connectivity index is 2.20. The van der Waals surface area contributed by atoms with Crippen LogP contribution >= 0.6 is 0 Å². The minimum absolute atomic E-state index is 0.204. The summed E-state index contributed by atoms with van der Waals surface area (Å²) in [5.74, 6) is 0.204. The van der Waals surface area contributed by atoms with Gasteiger partial charge in [-0.05, 0) is 19.9 Å². The van der Waals surface area contributed by atoms with Gasteiger partial charge in [0, 0.05) is 38.4 Å². The smallest absolute Gasteiger partial charge is 0.153 e. The minimum atomic E-state index is -2.92. The van der Waals surface area contributed by atoms with Crippen LogP contribution in [0, 0.1) is 0 Å². The number of hydrogen-bond donors (Lipinski definition) is 1. The lowest BCUT2D eigenvalue weighted by atomic mass is 10.3. The molecule has 0 amide bonds. The number of aryl methyl sites for hydroxylation is 1. The topological polar surface area (TPSA) is 64.0 Å². The largest absolute Gasteiger partial charge is 0.315 e. The van der Waals surface area contributed by atoms with Gasteiger partial charge in [-0.25, -0.2) is 8.42 Å². The van der Waals surface area contributed by atoms with E-state index in [0.717, 1.165) is 18.7 Å². The molecular weight excluding hydrogens is 238 g/mol. The number of sulfone groups is 1. The van der Waals surface area contributed by atoms with Gasteiger partial charge in [0.25, 0.3) is 0 Å². The van der Waals surface area contributed by atoms with Crippen molar-refractivity contribution in [1.82, 2.24) is 15.1 Å². The third-order valence-corrected chi connectivity index (χ3v) is 4.97. The van der Waals surface area contributed by atoms with Gasteiger partial charge in [-0.1, -0.05) is 0 Å². The summed E-state index contributed by atoms with van der Waals surface area (Å²) in [6.07, 6.45) is 2.62. The van der Waals surface area contributed by atoms with E-state index in [9.17, 15) is 8.42 Å². The summed E-state index contributed by atoms with van der Waals surface area (Å²) in [5.41, 5.74) is 1.14. The van der Waals surface area contributed by atoms with Gasteiger partial charge < -0.3 is 5.32 Å². The quantitative estimate of drug-likeness (QED) is 0.719. The zero-order chi connectivity index (χ0) is 12.9. The van der Waals surface area contributed by atoms with Crippen LogP contribution in [0.2, 0.25) is 0 Å². The van der Waals surface area contributed by atoms with E-state index < -0.39 is 9.84 Å². The van der Waals surface area contributed by atoms with Crippen LogP contribution in [0.3, 0.4) is 0 Å². The van der Waals surface area contributed by atoms with E-state index in [2.05, 4.69) is 10.4 Å². The van der Waals surface area contributed by atoms with Crippen LogP contribution in [-0.4, -0.2) is 42.3 Å². The molecule has 1 aromatic heterocycles. The number of nitrogens with one attached hydrogen (secondary N) is 1. The Morgan fingerprint density at radius 2 is 2.12 bits per heavy atom. The summed E-state index contributed by atoms with van der Waals surface area (Å²) in [6, 6.07) is 1.96. The van der Waals surface area contributed by atoms with E-state index in [-0.39, 0.29) is 11.0 Å². The van der Waals surface area contributed by atoms with E-state index in [0.29, 0.717) is 6.54 Å². The third-order valence-electron chi connectivity index (χ3n) is 2.76. The number of hydrogen-bond acceptors (Lipinski definition) is 4.